The molecule has 6 nitrogen and oxygen atoms in total. The van der Waals surface area contributed by atoms with Crippen LogP contribution in [0.25, 0.3) is 0 Å². The van der Waals surface area contributed by atoms with Crippen LogP contribution in [0.15, 0.2) is 47.5 Å². The second-order valence-electron chi connectivity index (χ2n) is 7.90. The van der Waals surface area contributed by atoms with Gasteiger partial charge in [0.1, 0.15) is 0 Å². The Balaban J connectivity index is 1.93. The zero-order valence-electron chi connectivity index (χ0n) is 18.6. The SMILES string of the molecule is CN=C(NCCc1cc(C)cc(C)c1)NCc1ccccc1CS(=O)(=O)NC(C)C. The molecule has 164 valence electrons. The molecule has 7 heteroatoms. The molecule has 0 aromatic heterocycles. The minimum Gasteiger partial charge on any atom is -0.356 e. The highest BCUT2D eigenvalue weighted by molar-refractivity contribution is 7.88. The molecule has 0 unspecified atom stereocenters. The molecular formula is C23H34N4O2S. The average molecular weight is 431 g/mol. The first kappa shape index (κ1) is 23.9. The lowest BCUT2D eigenvalue weighted by atomic mass is 10.1. The molecule has 30 heavy (non-hydrogen) atoms. The Morgan fingerprint density at radius 1 is 1.00 bits per heavy atom. The van der Waals surface area contributed by atoms with Gasteiger partial charge in [0.05, 0.1) is 5.75 Å². The number of benzene rings is 2. The maximum Gasteiger partial charge on any atom is 0.216 e. The number of hydrogen-bond acceptors (Lipinski definition) is 3. The van der Waals surface area contributed by atoms with Gasteiger partial charge in [-0.25, -0.2) is 13.1 Å². The fourth-order valence-electron chi connectivity index (χ4n) is 3.41. The van der Waals surface area contributed by atoms with Crippen LogP contribution in [0.2, 0.25) is 0 Å². The number of rotatable bonds is 9. The summed E-state index contributed by atoms with van der Waals surface area (Å²) in [5.74, 6) is 0.652. The van der Waals surface area contributed by atoms with E-state index in [-0.39, 0.29) is 11.8 Å². The summed E-state index contributed by atoms with van der Waals surface area (Å²) < 4.78 is 27.3. The minimum absolute atomic E-state index is 0.0399. The lowest BCUT2D eigenvalue weighted by molar-refractivity contribution is 0.568. The summed E-state index contributed by atoms with van der Waals surface area (Å²) >= 11 is 0. The highest BCUT2D eigenvalue weighted by Gasteiger charge is 2.15. The molecule has 0 fully saturated rings. The van der Waals surface area contributed by atoms with Crippen LogP contribution in [0, 0.1) is 13.8 Å². The predicted octanol–water partition coefficient (Wildman–Crippen LogP) is 3.04. The van der Waals surface area contributed by atoms with E-state index in [0.717, 1.165) is 24.1 Å². The zero-order chi connectivity index (χ0) is 22.1. The van der Waals surface area contributed by atoms with Gasteiger partial charge in [0.2, 0.25) is 10.0 Å². The van der Waals surface area contributed by atoms with E-state index < -0.39 is 10.0 Å². The molecule has 0 bridgehead atoms. The summed E-state index contributed by atoms with van der Waals surface area (Å²) in [6.45, 7) is 9.11. The van der Waals surface area contributed by atoms with Crippen LogP contribution < -0.4 is 15.4 Å². The van der Waals surface area contributed by atoms with Gasteiger partial charge in [-0.15, -0.1) is 0 Å². The number of aryl methyl sites for hydroxylation is 2. The van der Waals surface area contributed by atoms with Gasteiger partial charge in [-0.1, -0.05) is 53.6 Å². The molecule has 0 aliphatic rings. The van der Waals surface area contributed by atoms with Crippen molar-refractivity contribution in [3.8, 4) is 0 Å². The van der Waals surface area contributed by atoms with Crippen LogP contribution in [0.1, 0.15) is 41.7 Å². The molecule has 0 spiro atoms. The molecule has 2 aromatic rings. The number of aliphatic imine (C=N–C) groups is 1. The Bertz CT molecular complexity index is 949. The Morgan fingerprint density at radius 2 is 1.63 bits per heavy atom. The first-order chi connectivity index (χ1) is 14.2. The van der Waals surface area contributed by atoms with Crippen molar-refractivity contribution in [1.29, 1.82) is 0 Å². The topological polar surface area (TPSA) is 82.6 Å². The Labute approximate surface area is 181 Å². The zero-order valence-corrected chi connectivity index (χ0v) is 19.4. The molecule has 3 N–H and O–H groups in total. The monoisotopic (exact) mass is 430 g/mol. The highest BCUT2D eigenvalue weighted by Crippen LogP contribution is 2.13. The van der Waals surface area contributed by atoms with E-state index in [0.29, 0.717) is 12.5 Å². The standard InChI is InChI=1S/C23H34N4O2S/c1-17(2)27-30(28,29)16-22-9-7-6-8-21(22)15-26-23(24-5)25-11-10-20-13-18(3)12-19(4)14-20/h6-9,12-14,17,27H,10-11,15-16H2,1-5H3,(H2,24,25,26). The molecule has 0 saturated carbocycles. The van der Waals surface area contributed by atoms with E-state index in [4.69, 9.17) is 0 Å². The third-order valence-electron chi connectivity index (χ3n) is 4.54. The number of guanidine groups is 1. The maximum absolute atomic E-state index is 12.3. The fraction of sp³-hybridized carbons (Fsp3) is 0.435. The molecule has 2 aromatic carbocycles. The third-order valence-corrected chi connectivity index (χ3v) is 6.06. The number of nitrogens with zero attached hydrogens (tertiary/aromatic N) is 1. The van der Waals surface area contributed by atoms with Crippen molar-refractivity contribution in [2.24, 2.45) is 4.99 Å². The quantitative estimate of drug-likeness (QED) is 0.422. The third kappa shape index (κ3) is 8.16. The van der Waals surface area contributed by atoms with Crippen molar-refractivity contribution in [3.05, 3.63) is 70.3 Å². The summed E-state index contributed by atoms with van der Waals surface area (Å²) in [6.07, 6.45) is 0.902. The fourth-order valence-corrected chi connectivity index (χ4v) is 4.91. The second kappa shape index (κ2) is 11.1. The van der Waals surface area contributed by atoms with Crippen molar-refractivity contribution in [1.82, 2.24) is 15.4 Å². The van der Waals surface area contributed by atoms with Gasteiger partial charge in [0, 0.05) is 26.2 Å². The molecule has 0 aliphatic carbocycles. The molecule has 0 aliphatic heterocycles. The van der Waals surface area contributed by atoms with Crippen LogP contribution in [-0.2, 0) is 28.7 Å². The normalized spacial score (nSPS) is 12.3. The Morgan fingerprint density at radius 3 is 2.23 bits per heavy atom. The molecule has 0 amide bonds. The van der Waals surface area contributed by atoms with Crippen LogP contribution in [-0.4, -0.2) is 34.0 Å². The first-order valence-electron chi connectivity index (χ1n) is 10.3. The van der Waals surface area contributed by atoms with Gasteiger partial charge in [-0.2, -0.15) is 0 Å². The van der Waals surface area contributed by atoms with Crippen molar-refractivity contribution < 1.29 is 8.42 Å². The van der Waals surface area contributed by atoms with Gasteiger partial charge in [0.25, 0.3) is 0 Å². The largest absolute Gasteiger partial charge is 0.356 e. The van der Waals surface area contributed by atoms with E-state index in [9.17, 15) is 8.42 Å². The van der Waals surface area contributed by atoms with Crippen molar-refractivity contribution >= 4 is 16.0 Å². The molecule has 0 atom stereocenters. The van der Waals surface area contributed by atoms with Crippen molar-refractivity contribution in [3.63, 3.8) is 0 Å². The van der Waals surface area contributed by atoms with Crippen molar-refractivity contribution in [2.75, 3.05) is 13.6 Å². The van der Waals surface area contributed by atoms with E-state index in [2.05, 4.69) is 52.4 Å². The average Bonchev–Trinajstić information content (AvgIpc) is 2.63. The van der Waals surface area contributed by atoms with Gasteiger partial charge in [0.15, 0.2) is 5.96 Å². The molecule has 0 radical (unpaired) electrons. The first-order valence-corrected chi connectivity index (χ1v) is 11.9. The Hall–Kier alpha value is -2.38. The van der Waals surface area contributed by atoms with E-state index >= 15 is 0 Å². The summed E-state index contributed by atoms with van der Waals surface area (Å²) in [6, 6.07) is 14.0. The van der Waals surface area contributed by atoms with Crippen LogP contribution in [0.3, 0.4) is 0 Å². The van der Waals surface area contributed by atoms with E-state index in [1.807, 2.05) is 38.1 Å². The summed E-state index contributed by atoms with van der Waals surface area (Å²) in [5.41, 5.74) is 5.55. The molecule has 2 rings (SSSR count). The van der Waals surface area contributed by atoms with E-state index in [1.165, 1.54) is 16.7 Å². The molecular weight excluding hydrogens is 396 g/mol. The van der Waals surface area contributed by atoms with Gasteiger partial charge in [-0.3, -0.25) is 4.99 Å². The number of sulfonamides is 1. The van der Waals surface area contributed by atoms with Gasteiger partial charge >= 0.3 is 0 Å². The summed E-state index contributed by atoms with van der Waals surface area (Å²) in [5, 5.41) is 6.61. The second-order valence-corrected chi connectivity index (χ2v) is 9.65. The smallest absolute Gasteiger partial charge is 0.216 e. The minimum atomic E-state index is -3.38. The van der Waals surface area contributed by atoms with Gasteiger partial charge < -0.3 is 10.6 Å². The molecule has 0 saturated heterocycles. The predicted molar refractivity (Wildman–Crippen MR) is 125 cm³/mol. The summed E-state index contributed by atoms with van der Waals surface area (Å²) in [4.78, 5) is 4.28. The Kier molecular flexibility index (Phi) is 8.87. The van der Waals surface area contributed by atoms with Crippen LogP contribution in [0.5, 0.6) is 0 Å². The molecule has 0 heterocycles. The van der Waals surface area contributed by atoms with Crippen LogP contribution >= 0.6 is 0 Å². The van der Waals surface area contributed by atoms with E-state index in [1.54, 1.807) is 7.05 Å². The van der Waals surface area contributed by atoms with Gasteiger partial charge in [-0.05, 0) is 50.8 Å². The lowest BCUT2D eigenvalue weighted by Gasteiger charge is -2.15. The highest BCUT2D eigenvalue weighted by atomic mass is 32.2. The lowest BCUT2D eigenvalue weighted by Crippen LogP contribution is -2.38. The maximum atomic E-state index is 12.3. The number of hydrogen-bond donors (Lipinski definition) is 3. The van der Waals surface area contributed by atoms with Crippen LogP contribution in [0.4, 0.5) is 0 Å². The number of nitrogens with one attached hydrogen (secondary N) is 3. The van der Waals surface area contributed by atoms with Crippen molar-refractivity contribution in [2.45, 2.75) is 52.5 Å². The summed E-state index contributed by atoms with van der Waals surface area (Å²) in [7, 11) is -1.64.